The third-order valence-corrected chi connectivity index (χ3v) is 8.47. The van der Waals surface area contributed by atoms with Crippen molar-refractivity contribution in [1.82, 2.24) is 19.4 Å². The predicted molar refractivity (Wildman–Crippen MR) is 163 cm³/mol. The Morgan fingerprint density at radius 1 is 1.04 bits per heavy atom. The summed E-state index contributed by atoms with van der Waals surface area (Å²) in [5, 5.41) is 2.59. The van der Waals surface area contributed by atoms with Gasteiger partial charge in [0.15, 0.2) is 0 Å². The van der Waals surface area contributed by atoms with E-state index in [1.54, 1.807) is 0 Å². The second-order valence-electron chi connectivity index (χ2n) is 12.4. The third kappa shape index (κ3) is 6.81. The van der Waals surface area contributed by atoms with Crippen LogP contribution in [-0.2, 0) is 18.0 Å². The van der Waals surface area contributed by atoms with Crippen molar-refractivity contribution in [2.45, 2.75) is 51.6 Å². The molecule has 5 rings (SSSR count). The highest BCUT2D eigenvalue weighted by Gasteiger charge is 2.37. The molecular formula is C31H37F4N7O3. The number of carbonyl (C=O) groups is 1. The standard InChI is InChI=1S/C31H37F4N7O3/c1-18-14-42(15-19(2)40(18)6)26-11-24(32)21(20-12-36-29(37-13-20)41-7-8-45-30(3,4)17-41)9-25(26)38-28(44)22-16-39(5)27(43)10-23(22)31(33,34)35/h9-13,16,18-19H,7-8,14-15,17H2,1-6H3,(H,38,44)/t18-,19+. The molecule has 1 N–H and O–H groups in total. The van der Waals surface area contributed by atoms with Gasteiger partial charge in [-0.25, -0.2) is 14.4 Å². The molecule has 0 spiro atoms. The lowest BCUT2D eigenvalue weighted by molar-refractivity contribution is -0.138. The molecule has 3 aromatic rings. The number of halogens is 4. The van der Waals surface area contributed by atoms with Gasteiger partial charge in [0.05, 0.1) is 34.7 Å². The van der Waals surface area contributed by atoms with Gasteiger partial charge in [-0.15, -0.1) is 0 Å². The van der Waals surface area contributed by atoms with Crippen molar-refractivity contribution in [3.05, 3.63) is 64.1 Å². The Labute approximate surface area is 258 Å². The first-order chi connectivity index (χ1) is 21.0. The smallest absolute Gasteiger partial charge is 0.372 e. The first kappa shape index (κ1) is 32.4. The summed E-state index contributed by atoms with van der Waals surface area (Å²) in [5.41, 5.74) is -2.56. The Bertz CT molecular complexity index is 1630. The molecule has 0 aliphatic carbocycles. The van der Waals surface area contributed by atoms with Crippen LogP contribution in [0.3, 0.4) is 0 Å². The summed E-state index contributed by atoms with van der Waals surface area (Å²) in [6.45, 7) is 10.6. The Balaban J connectivity index is 1.55. The molecule has 2 aliphatic rings. The van der Waals surface area contributed by atoms with Crippen LogP contribution in [0.25, 0.3) is 11.1 Å². The summed E-state index contributed by atoms with van der Waals surface area (Å²) in [6, 6.07) is 3.21. The SMILES string of the molecule is C[C@@H]1CN(c2cc(F)c(-c3cnc(N4CCOC(C)(C)C4)nc3)cc2NC(=O)c2cn(C)c(=O)cc2C(F)(F)F)C[C@H](C)N1C. The van der Waals surface area contributed by atoms with Crippen molar-refractivity contribution in [1.29, 1.82) is 0 Å². The Kier molecular flexibility index (Phi) is 8.66. The molecule has 10 nitrogen and oxygen atoms in total. The number of pyridine rings is 1. The van der Waals surface area contributed by atoms with E-state index in [0.717, 1.165) is 10.8 Å². The fourth-order valence-electron chi connectivity index (χ4n) is 5.79. The lowest BCUT2D eigenvalue weighted by atomic mass is 10.0. The summed E-state index contributed by atoms with van der Waals surface area (Å²) in [7, 11) is 3.24. The number of hydrogen-bond donors (Lipinski definition) is 1. The highest BCUT2D eigenvalue weighted by molar-refractivity contribution is 6.07. The van der Waals surface area contributed by atoms with Crippen LogP contribution in [0.5, 0.6) is 0 Å². The summed E-state index contributed by atoms with van der Waals surface area (Å²) in [6.07, 6.45) is -1.15. The maximum atomic E-state index is 15.9. The molecule has 45 heavy (non-hydrogen) atoms. The molecule has 2 saturated heterocycles. The summed E-state index contributed by atoms with van der Waals surface area (Å²) < 4.78 is 64.2. The molecule has 1 aromatic carbocycles. The van der Waals surface area contributed by atoms with Crippen molar-refractivity contribution in [3.8, 4) is 11.1 Å². The first-order valence-electron chi connectivity index (χ1n) is 14.6. The molecule has 2 fully saturated rings. The van der Waals surface area contributed by atoms with E-state index in [1.807, 2.05) is 44.5 Å². The summed E-state index contributed by atoms with van der Waals surface area (Å²) in [5.74, 6) is -1.24. The van der Waals surface area contributed by atoms with Crippen LogP contribution in [-0.4, -0.2) is 82.9 Å². The van der Waals surface area contributed by atoms with Gasteiger partial charge in [0.25, 0.3) is 11.5 Å². The average Bonchev–Trinajstić information content (AvgIpc) is 2.96. The molecule has 0 saturated carbocycles. The number of ether oxygens (including phenoxy) is 1. The molecule has 0 unspecified atom stereocenters. The maximum Gasteiger partial charge on any atom is 0.417 e. The van der Waals surface area contributed by atoms with E-state index in [4.69, 9.17) is 4.74 Å². The minimum absolute atomic E-state index is 0.0645. The van der Waals surface area contributed by atoms with E-state index in [1.165, 1.54) is 31.6 Å². The van der Waals surface area contributed by atoms with E-state index in [2.05, 4.69) is 20.2 Å². The Hall–Kier alpha value is -4.04. The summed E-state index contributed by atoms with van der Waals surface area (Å²) in [4.78, 5) is 40.5. The van der Waals surface area contributed by atoms with Crippen molar-refractivity contribution in [3.63, 3.8) is 0 Å². The zero-order chi connectivity index (χ0) is 32.8. The second-order valence-corrected chi connectivity index (χ2v) is 12.4. The molecule has 2 aliphatic heterocycles. The number of benzene rings is 1. The largest absolute Gasteiger partial charge is 0.417 e. The molecular weight excluding hydrogens is 594 g/mol. The van der Waals surface area contributed by atoms with Gasteiger partial charge in [0.2, 0.25) is 5.95 Å². The highest BCUT2D eigenvalue weighted by Crippen LogP contribution is 2.37. The van der Waals surface area contributed by atoms with Crippen LogP contribution in [0.1, 0.15) is 43.6 Å². The predicted octanol–water partition coefficient (Wildman–Crippen LogP) is 4.40. The van der Waals surface area contributed by atoms with Crippen molar-refractivity contribution in [2.24, 2.45) is 7.05 Å². The van der Waals surface area contributed by atoms with Crippen LogP contribution in [0.15, 0.2) is 41.6 Å². The number of aryl methyl sites for hydroxylation is 1. The van der Waals surface area contributed by atoms with Crippen molar-refractivity contribution in [2.75, 3.05) is 55.0 Å². The number of morpholine rings is 1. The van der Waals surface area contributed by atoms with Gasteiger partial charge >= 0.3 is 6.18 Å². The normalized spacial score (nSPS) is 20.8. The van der Waals surface area contributed by atoms with Crippen molar-refractivity contribution < 1.29 is 27.1 Å². The summed E-state index contributed by atoms with van der Waals surface area (Å²) >= 11 is 0. The number of likely N-dealkylation sites (N-methyl/N-ethyl adjacent to an activating group) is 1. The van der Waals surface area contributed by atoms with Crippen LogP contribution in [0.2, 0.25) is 0 Å². The number of alkyl halides is 3. The molecule has 1 amide bonds. The Morgan fingerprint density at radius 3 is 2.29 bits per heavy atom. The van der Waals surface area contributed by atoms with Gasteiger partial charge in [-0.2, -0.15) is 13.2 Å². The molecule has 2 aromatic heterocycles. The molecule has 4 heterocycles. The zero-order valence-electron chi connectivity index (χ0n) is 26.1. The van der Waals surface area contributed by atoms with E-state index >= 15 is 4.39 Å². The zero-order valence-corrected chi connectivity index (χ0v) is 26.1. The lowest BCUT2D eigenvalue weighted by Crippen LogP contribution is -2.55. The fourth-order valence-corrected chi connectivity index (χ4v) is 5.79. The average molecular weight is 632 g/mol. The monoisotopic (exact) mass is 631 g/mol. The first-order valence-corrected chi connectivity index (χ1v) is 14.6. The van der Waals surface area contributed by atoms with Crippen molar-refractivity contribution >= 4 is 23.2 Å². The van der Waals surface area contributed by atoms with Gasteiger partial charge in [-0.3, -0.25) is 14.5 Å². The molecule has 0 radical (unpaired) electrons. The minimum Gasteiger partial charge on any atom is -0.372 e. The second kappa shape index (κ2) is 12.0. The van der Waals surface area contributed by atoms with Crippen LogP contribution in [0, 0.1) is 5.82 Å². The molecule has 242 valence electrons. The van der Waals surface area contributed by atoms with Gasteiger partial charge in [-0.1, -0.05) is 0 Å². The number of aromatic nitrogens is 3. The number of anilines is 3. The van der Waals surface area contributed by atoms with Crippen LogP contribution < -0.4 is 20.7 Å². The third-order valence-electron chi connectivity index (χ3n) is 8.47. The Morgan fingerprint density at radius 2 is 1.69 bits per heavy atom. The topological polar surface area (TPSA) is 95.8 Å². The van der Waals surface area contributed by atoms with Crippen LogP contribution in [0.4, 0.5) is 34.9 Å². The van der Waals surface area contributed by atoms with E-state index < -0.39 is 34.6 Å². The molecule has 0 bridgehead atoms. The number of nitrogens with one attached hydrogen (secondary N) is 1. The number of hydrogen-bond acceptors (Lipinski definition) is 8. The van der Waals surface area contributed by atoms with Gasteiger partial charge in [0.1, 0.15) is 5.82 Å². The van der Waals surface area contributed by atoms with Gasteiger partial charge < -0.3 is 24.4 Å². The fraction of sp³-hybridized carbons (Fsp3) is 0.484. The lowest BCUT2D eigenvalue weighted by Gasteiger charge is -2.44. The quantitative estimate of drug-likeness (QED) is 0.415. The molecule has 2 atom stereocenters. The van der Waals surface area contributed by atoms with Gasteiger partial charge in [0, 0.05) is 81.1 Å². The number of amides is 1. The van der Waals surface area contributed by atoms with E-state index in [-0.39, 0.29) is 28.9 Å². The highest BCUT2D eigenvalue weighted by atomic mass is 19.4. The number of carbonyl (C=O) groups excluding carboxylic acids is 1. The number of rotatable bonds is 5. The maximum absolute atomic E-state index is 15.9. The van der Waals surface area contributed by atoms with Gasteiger partial charge in [-0.05, 0) is 46.9 Å². The van der Waals surface area contributed by atoms with E-state index in [0.29, 0.717) is 56.1 Å². The molecule has 14 heteroatoms. The van der Waals surface area contributed by atoms with Crippen LogP contribution >= 0.6 is 0 Å². The number of piperazine rings is 1. The van der Waals surface area contributed by atoms with E-state index in [9.17, 15) is 22.8 Å². The minimum atomic E-state index is -4.95. The number of nitrogens with zero attached hydrogens (tertiary/aromatic N) is 6.